The van der Waals surface area contributed by atoms with Gasteiger partial charge in [0.25, 0.3) is 0 Å². The number of nitrogens with one attached hydrogen (secondary N) is 2. The van der Waals surface area contributed by atoms with E-state index in [2.05, 4.69) is 29.7 Å². The van der Waals surface area contributed by atoms with E-state index < -0.39 is 0 Å². The zero-order valence-electron chi connectivity index (χ0n) is 11.6. The monoisotopic (exact) mass is 278 g/mol. The lowest BCUT2D eigenvalue weighted by Crippen LogP contribution is -2.38. The van der Waals surface area contributed by atoms with Gasteiger partial charge >= 0.3 is 0 Å². The molecule has 0 spiro atoms. The summed E-state index contributed by atoms with van der Waals surface area (Å²) < 4.78 is 0. The van der Waals surface area contributed by atoms with Crippen LogP contribution in [0.5, 0.6) is 0 Å². The van der Waals surface area contributed by atoms with E-state index in [9.17, 15) is 0 Å². The van der Waals surface area contributed by atoms with Crippen molar-refractivity contribution in [3.63, 3.8) is 0 Å². The van der Waals surface area contributed by atoms with Gasteiger partial charge in [-0.2, -0.15) is 0 Å². The minimum atomic E-state index is 0.579. The van der Waals surface area contributed by atoms with Crippen LogP contribution in [0.1, 0.15) is 37.7 Å². The number of benzene rings is 1. The molecule has 1 aliphatic heterocycles. The Bertz CT molecular complexity index is 440. The molecule has 1 aromatic carbocycles. The van der Waals surface area contributed by atoms with Gasteiger partial charge in [-0.25, -0.2) is 0 Å². The van der Waals surface area contributed by atoms with Crippen LogP contribution in [0.25, 0.3) is 0 Å². The van der Waals surface area contributed by atoms with Crippen molar-refractivity contribution in [1.82, 2.24) is 5.32 Å². The maximum Gasteiger partial charge on any atom is 0.0637 e. The van der Waals surface area contributed by atoms with E-state index in [1.54, 1.807) is 0 Å². The van der Waals surface area contributed by atoms with Crippen molar-refractivity contribution in [3.8, 4) is 0 Å². The summed E-state index contributed by atoms with van der Waals surface area (Å²) in [5, 5.41) is 8.22. The first kappa shape index (κ1) is 13.3. The molecule has 2 aliphatic rings. The van der Waals surface area contributed by atoms with Crippen LogP contribution in [0.15, 0.2) is 18.2 Å². The number of hydrogen-bond donors (Lipinski definition) is 2. The standard InChI is InChI=1S/C16H23ClN2/c1-11-7-8-13(17)16(10-11)19-15-5-2-4-12(15)14-6-3-9-18-14/h7-8,10,12,14-15,18-19H,2-6,9H2,1H3. The molecule has 19 heavy (non-hydrogen) atoms. The Kier molecular flexibility index (Phi) is 3.99. The lowest BCUT2D eigenvalue weighted by Gasteiger charge is -2.27. The van der Waals surface area contributed by atoms with Crippen molar-refractivity contribution < 1.29 is 0 Å². The molecule has 3 atom stereocenters. The molecule has 0 bridgehead atoms. The zero-order chi connectivity index (χ0) is 13.2. The molecule has 1 aromatic rings. The van der Waals surface area contributed by atoms with Crippen LogP contribution < -0.4 is 10.6 Å². The average molecular weight is 279 g/mol. The van der Waals surface area contributed by atoms with E-state index in [0.717, 1.165) is 16.6 Å². The zero-order valence-corrected chi connectivity index (χ0v) is 12.3. The van der Waals surface area contributed by atoms with Gasteiger partial charge in [-0.05, 0) is 62.8 Å². The molecule has 2 nitrogen and oxygen atoms in total. The predicted molar refractivity (Wildman–Crippen MR) is 82.0 cm³/mol. The Balaban J connectivity index is 1.72. The molecule has 1 heterocycles. The lowest BCUT2D eigenvalue weighted by atomic mass is 9.93. The molecule has 1 saturated heterocycles. The van der Waals surface area contributed by atoms with Gasteiger partial charge in [-0.15, -0.1) is 0 Å². The van der Waals surface area contributed by atoms with Gasteiger partial charge in [-0.1, -0.05) is 24.1 Å². The van der Waals surface area contributed by atoms with E-state index in [4.69, 9.17) is 11.6 Å². The molecule has 2 N–H and O–H groups in total. The molecule has 3 unspecified atom stereocenters. The fraction of sp³-hybridized carbons (Fsp3) is 0.625. The normalized spacial score (nSPS) is 30.7. The van der Waals surface area contributed by atoms with E-state index in [0.29, 0.717) is 12.1 Å². The lowest BCUT2D eigenvalue weighted by molar-refractivity contribution is 0.376. The van der Waals surface area contributed by atoms with Crippen molar-refractivity contribution in [2.45, 2.75) is 51.1 Å². The van der Waals surface area contributed by atoms with Gasteiger partial charge in [-0.3, -0.25) is 0 Å². The van der Waals surface area contributed by atoms with Crippen LogP contribution in [0.4, 0.5) is 5.69 Å². The smallest absolute Gasteiger partial charge is 0.0637 e. The fourth-order valence-electron chi connectivity index (χ4n) is 3.68. The highest BCUT2D eigenvalue weighted by molar-refractivity contribution is 6.33. The van der Waals surface area contributed by atoms with Crippen LogP contribution in [-0.4, -0.2) is 18.6 Å². The summed E-state index contributed by atoms with van der Waals surface area (Å²) in [5.74, 6) is 0.763. The Morgan fingerprint density at radius 2 is 2.11 bits per heavy atom. The summed E-state index contributed by atoms with van der Waals surface area (Å²) in [5.41, 5.74) is 2.37. The largest absolute Gasteiger partial charge is 0.381 e. The van der Waals surface area contributed by atoms with Gasteiger partial charge in [0.05, 0.1) is 10.7 Å². The van der Waals surface area contributed by atoms with Gasteiger partial charge in [0, 0.05) is 12.1 Å². The highest BCUT2D eigenvalue weighted by Crippen LogP contribution is 2.35. The Morgan fingerprint density at radius 1 is 1.21 bits per heavy atom. The molecule has 1 aliphatic carbocycles. The molecule has 3 rings (SSSR count). The SMILES string of the molecule is Cc1ccc(Cl)c(NC2CCCC2C2CCCN2)c1. The number of hydrogen-bond acceptors (Lipinski definition) is 2. The number of rotatable bonds is 3. The maximum absolute atomic E-state index is 6.30. The third-order valence-electron chi connectivity index (χ3n) is 4.65. The second kappa shape index (κ2) is 5.72. The summed E-state index contributed by atoms with van der Waals surface area (Å²) in [6.45, 7) is 3.31. The molecule has 0 radical (unpaired) electrons. The van der Waals surface area contributed by atoms with Crippen molar-refractivity contribution in [2.75, 3.05) is 11.9 Å². The predicted octanol–water partition coefficient (Wildman–Crippen LogP) is 3.98. The summed E-state index contributed by atoms with van der Waals surface area (Å²) >= 11 is 6.30. The van der Waals surface area contributed by atoms with Crippen molar-refractivity contribution >= 4 is 17.3 Å². The third kappa shape index (κ3) is 2.90. The first-order valence-electron chi connectivity index (χ1n) is 7.50. The second-order valence-corrected chi connectivity index (χ2v) is 6.44. The molecular weight excluding hydrogens is 256 g/mol. The average Bonchev–Trinajstić information content (AvgIpc) is 3.03. The molecule has 0 aromatic heterocycles. The molecule has 2 fully saturated rings. The molecule has 1 saturated carbocycles. The molecule has 0 amide bonds. The maximum atomic E-state index is 6.30. The van der Waals surface area contributed by atoms with Crippen LogP contribution in [0, 0.1) is 12.8 Å². The van der Waals surface area contributed by atoms with E-state index in [1.165, 1.54) is 44.2 Å². The minimum absolute atomic E-state index is 0.579. The minimum Gasteiger partial charge on any atom is -0.381 e. The van der Waals surface area contributed by atoms with Gasteiger partial charge < -0.3 is 10.6 Å². The quantitative estimate of drug-likeness (QED) is 0.874. The molecule has 3 heteroatoms. The first-order valence-corrected chi connectivity index (χ1v) is 7.88. The summed E-state index contributed by atoms with van der Waals surface area (Å²) in [6, 6.07) is 7.52. The molecular formula is C16H23ClN2. The number of halogens is 1. The van der Waals surface area contributed by atoms with E-state index >= 15 is 0 Å². The van der Waals surface area contributed by atoms with Crippen LogP contribution in [-0.2, 0) is 0 Å². The Morgan fingerprint density at radius 3 is 2.89 bits per heavy atom. The highest BCUT2D eigenvalue weighted by atomic mass is 35.5. The summed E-state index contributed by atoms with van der Waals surface area (Å²) in [4.78, 5) is 0. The summed E-state index contributed by atoms with van der Waals surface area (Å²) in [7, 11) is 0. The number of anilines is 1. The van der Waals surface area contributed by atoms with Crippen molar-refractivity contribution in [3.05, 3.63) is 28.8 Å². The Hall–Kier alpha value is -0.730. The Labute approximate surface area is 120 Å². The van der Waals surface area contributed by atoms with Crippen LogP contribution >= 0.6 is 11.6 Å². The van der Waals surface area contributed by atoms with E-state index in [-0.39, 0.29) is 0 Å². The van der Waals surface area contributed by atoms with Crippen LogP contribution in [0.2, 0.25) is 5.02 Å². The third-order valence-corrected chi connectivity index (χ3v) is 4.98. The second-order valence-electron chi connectivity index (χ2n) is 6.03. The first-order chi connectivity index (χ1) is 9.24. The summed E-state index contributed by atoms with van der Waals surface area (Å²) in [6.07, 6.45) is 6.62. The van der Waals surface area contributed by atoms with Gasteiger partial charge in [0.15, 0.2) is 0 Å². The molecule has 104 valence electrons. The van der Waals surface area contributed by atoms with Crippen molar-refractivity contribution in [1.29, 1.82) is 0 Å². The van der Waals surface area contributed by atoms with Crippen molar-refractivity contribution in [2.24, 2.45) is 5.92 Å². The number of aryl methyl sites for hydroxylation is 1. The highest BCUT2D eigenvalue weighted by Gasteiger charge is 2.35. The van der Waals surface area contributed by atoms with Crippen LogP contribution in [0.3, 0.4) is 0 Å². The van der Waals surface area contributed by atoms with E-state index in [1.807, 2.05) is 6.07 Å². The van der Waals surface area contributed by atoms with Gasteiger partial charge in [0.2, 0.25) is 0 Å². The topological polar surface area (TPSA) is 24.1 Å². The fourth-order valence-corrected chi connectivity index (χ4v) is 3.85. The van der Waals surface area contributed by atoms with Gasteiger partial charge in [0.1, 0.15) is 0 Å².